The zero-order valence-corrected chi connectivity index (χ0v) is 18.4. The second-order valence-corrected chi connectivity index (χ2v) is 8.73. The van der Waals surface area contributed by atoms with Crippen molar-refractivity contribution in [1.29, 1.82) is 0 Å². The van der Waals surface area contributed by atoms with Gasteiger partial charge in [-0.2, -0.15) is 11.8 Å². The van der Waals surface area contributed by atoms with Gasteiger partial charge in [0.15, 0.2) is 0 Å². The van der Waals surface area contributed by atoms with Gasteiger partial charge in [-0.15, -0.1) is 0 Å². The van der Waals surface area contributed by atoms with Crippen LogP contribution < -0.4 is 5.32 Å². The fraction of sp³-hybridized carbons (Fsp3) is 0.200. The summed E-state index contributed by atoms with van der Waals surface area (Å²) in [5.41, 5.74) is 5.76. The van der Waals surface area contributed by atoms with Gasteiger partial charge in [0.25, 0.3) is 0 Å². The smallest absolute Gasteiger partial charge is 0.407 e. The minimum Gasteiger partial charge on any atom is -0.449 e. The number of halogens is 1. The van der Waals surface area contributed by atoms with Crippen molar-refractivity contribution in [1.82, 2.24) is 5.32 Å². The molecule has 1 amide bonds. The second-order valence-electron chi connectivity index (χ2n) is 7.33. The zero-order valence-electron chi connectivity index (χ0n) is 16.8. The first-order valence-corrected chi connectivity index (χ1v) is 11.6. The van der Waals surface area contributed by atoms with E-state index in [0.29, 0.717) is 5.75 Å². The van der Waals surface area contributed by atoms with Crippen LogP contribution in [0.1, 0.15) is 22.6 Å². The maximum atomic E-state index is 12.4. The van der Waals surface area contributed by atoms with Gasteiger partial charge < -0.3 is 10.1 Å². The van der Waals surface area contributed by atoms with Gasteiger partial charge in [-0.05, 0) is 39.4 Å². The van der Waals surface area contributed by atoms with E-state index in [2.05, 4.69) is 29.6 Å². The highest BCUT2D eigenvalue weighted by molar-refractivity contribution is 7.98. The topological polar surface area (TPSA) is 55.4 Å². The number of carbonyl (C=O) groups is 2. The summed E-state index contributed by atoms with van der Waals surface area (Å²) in [6.07, 6.45) is -0.638. The number of benzene rings is 3. The van der Waals surface area contributed by atoms with E-state index in [1.54, 1.807) is 0 Å². The minimum absolute atomic E-state index is 0.0317. The van der Waals surface area contributed by atoms with E-state index in [1.807, 2.05) is 54.6 Å². The molecule has 0 radical (unpaired) electrons. The summed E-state index contributed by atoms with van der Waals surface area (Å²) in [7, 11) is 0. The summed E-state index contributed by atoms with van der Waals surface area (Å²) in [6, 6.07) is 25.4. The van der Waals surface area contributed by atoms with Gasteiger partial charge >= 0.3 is 6.09 Å². The fourth-order valence-electron chi connectivity index (χ4n) is 3.82. The highest BCUT2D eigenvalue weighted by atomic mass is 35.5. The highest BCUT2D eigenvalue weighted by Gasteiger charge is 2.29. The Labute approximate surface area is 191 Å². The normalized spacial score (nSPS) is 13.2. The lowest BCUT2D eigenvalue weighted by molar-refractivity contribution is -0.113. The maximum absolute atomic E-state index is 12.4. The summed E-state index contributed by atoms with van der Waals surface area (Å²) < 4.78 is 5.51. The third-order valence-electron chi connectivity index (χ3n) is 5.31. The molecule has 3 aromatic carbocycles. The van der Waals surface area contributed by atoms with Crippen LogP contribution in [0.2, 0.25) is 0 Å². The lowest BCUT2D eigenvalue weighted by Crippen LogP contribution is -2.41. The molecule has 3 aromatic rings. The molecule has 0 heterocycles. The van der Waals surface area contributed by atoms with Crippen LogP contribution in [0.4, 0.5) is 4.79 Å². The molecule has 4 nitrogen and oxygen atoms in total. The number of alkyl carbamates (subject to hydrolysis) is 1. The molecule has 1 unspecified atom stereocenters. The minimum atomic E-state index is -0.800. The van der Waals surface area contributed by atoms with Gasteiger partial charge in [0.1, 0.15) is 12.6 Å². The molecule has 1 aliphatic rings. The molecule has 0 bridgehead atoms. The van der Waals surface area contributed by atoms with Crippen LogP contribution >= 0.6 is 23.4 Å². The maximum Gasteiger partial charge on any atom is 0.407 e. The SMILES string of the molecule is O=C(NC(CSCc1ccccc1)C(=O)Cl)OCC1c2ccccc2-c2ccccc21. The number of fused-ring (bicyclic) bond motifs is 3. The molecular formula is C25H22ClNO3S. The molecule has 1 aliphatic carbocycles. The average molecular weight is 452 g/mol. The van der Waals surface area contributed by atoms with E-state index >= 15 is 0 Å². The van der Waals surface area contributed by atoms with Crippen molar-refractivity contribution in [2.24, 2.45) is 0 Å². The number of nitrogens with one attached hydrogen (secondary N) is 1. The fourth-order valence-corrected chi connectivity index (χ4v) is 5.05. The summed E-state index contributed by atoms with van der Waals surface area (Å²) >= 11 is 7.24. The Morgan fingerprint density at radius 1 is 0.903 bits per heavy atom. The highest BCUT2D eigenvalue weighted by Crippen LogP contribution is 2.44. The van der Waals surface area contributed by atoms with Crippen molar-refractivity contribution in [2.45, 2.75) is 17.7 Å². The van der Waals surface area contributed by atoms with Gasteiger partial charge in [0.05, 0.1) is 0 Å². The predicted octanol–water partition coefficient (Wildman–Crippen LogP) is 5.59. The van der Waals surface area contributed by atoms with E-state index in [-0.39, 0.29) is 12.5 Å². The van der Waals surface area contributed by atoms with Gasteiger partial charge in [-0.25, -0.2) is 4.79 Å². The Morgan fingerprint density at radius 2 is 1.48 bits per heavy atom. The molecule has 0 spiro atoms. The third kappa shape index (κ3) is 5.12. The van der Waals surface area contributed by atoms with Crippen LogP contribution in [-0.4, -0.2) is 29.7 Å². The molecular weight excluding hydrogens is 430 g/mol. The number of hydrogen-bond acceptors (Lipinski definition) is 4. The Kier molecular flexibility index (Phi) is 6.95. The molecule has 0 fully saturated rings. The second kappa shape index (κ2) is 10.0. The summed E-state index contributed by atoms with van der Waals surface area (Å²) in [5, 5.41) is 2.01. The van der Waals surface area contributed by atoms with Crippen LogP contribution in [0.3, 0.4) is 0 Å². The van der Waals surface area contributed by atoms with Crippen LogP contribution in [0.5, 0.6) is 0 Å². The molecule has 0 aromatic heterocycles. The van der Waals surface area contributed by atoms with E-state index in [1.165, 1.54) is 22.9 Å². The molecule has 158 valence electrons. The number of thioether (sulfide) groups is 1. The average Bonchev–Trinajstić information content (AvgIpc) is 3.11. The van der Waals surface area contributed by atoms with Crippen LogP contribution in [0.25, 0.3) is 11.1 Å². The number of hydrogen-bond donors (Lipinski definition) is 1. The summed E-state index contributed by atoms with van der Waals surface area (Å²) in [6.45, 7) is 0.195. The molecule has 1 N–H and O–H groups in total. The van der Waals surface area contributed by atoms with Crippen molar-refractivity contribution < 1.29 is 14.3 Å². The number of carbonyl (C=O) groups excluding carboxylic acids is 2. The summed E-state index contributed by atoms with van der Waals surface area (Å²) in [4.78, 5) is 24.2. The first-order chi connectivity index (χ1) is 15.1. The predicted molar refractivity (Wildman–Crippen MR) is 125 cm³/mol. The van der Waals surface area contributed by atoms with Gasteiger partial charge in [0, 0.05) is 17.4 Å². The van der Waals surface area contributed by atoms with Crippen LogP contribution in [0.15, 0.2) is 78.9 Å². The van der Waals surface area contributed by atoms with Crippen molar-refractivity contribution in [3.05, 3.63) is 95.6 Å². The number of ether oxygens (including phenoxy) is 1. The first-order valence-electron chi connectivity index (χ1n) is 10.1. The largest absolute Gasteiger partial charge is 0.449 e. The van der Waals surface area contributed by atoms with Crippen molar-refractivity contribution in [2.75, 3.05) is 12.4 Å². The standard InChI is InChI=1S/C25H22ClNO3S/c26-24(28)23(16-31-15-17-8-2-1-3-9-17)27-25(29)30-14-22-20-12-6-4-10-18(20)19-11-5-7-13-21(19)22/h1-13,22-23H,14-16H2,(H,27,29). The zero-order chi connectivity index (χ0) is 21.6. The number of rotatable bonds is 8. The van der Waals surface area contributed by atoms with E-state index in [9.17, 15) is 9.59 Å². The molecule has 1 atom stereocenters. The molecule has 4 rings (SSSR count). The van der Waals surface area contributed by atoms with E-state index in [4.69, 9.17) is 16.3 Å². The van der Waals surface area contributed by atoms with Gasteiger partial charge in [-0.3, -0.25) is 4.79 Å². The van der Waals surface area contributed by atoms with Gasteiger partial charge in [-0.1, -0.05) is 78.9 Å². The lowest BCUT2D eigenvalue weighted by Gasteiger charge is -2.17. The third-order valence-corrected chi connectivity index (χ3v) is 6.68. The van der Waals surface area contributed by atoms with Crippen molar-refractivity contribution in [3.63, 3.8) is 0 Å². The van der Waals surface area contributed by atoms with Gasteiger partial charge in [0.2, 0.25) is 5.24 Å². The Balaban J connectivity index is 1.34. The quantitative estimate of drug-likeness (QED) is 0.453. The van der Waals surface area contributed by atoms with Crippen molar-refractivity contribution in [3.8, 4) is 11.1 Å². The summed E-state index contributed by atoms with van der Waals surface area (Å²) in [5.74, 6) is 1.07. The monoisotopic (exact) mass is 451 g/mol. The van der Waals surface area contributed by atoms with E-state index < -0.39 is 17.4 Å². The Bertz CT molecular complexity index is 1030. The molecule has 0 saturated heterocycles. The molecule has 31 heavy (non-hydrogen) atoms. The number of amides is 1. The molecule has 6 heteroatoms. The Hall–Kier alpha value is -2.76. The molecule has 0 saturated carbocycles. The first kappa shape index (κ1) is 21.5. The van der Waals surface area contributed by atoms with Crippen molar-refractivity contribution >= 4 is 34.7 Å². The van der Waals surface area contributed by atoms with Crippen LogP contribution in [0, 0.1) is 0 Å². The molecule has 0 aliphatic heterocycles. The van der Waals surface area contributed by atoms with E-state index in [0.717, 1.165) is 22.4 Å². The lowest BCUT2D eigenvalue weighted by atomic mass is 9.98. The Morgan fingerprint density at radius 3 is 2.10 bits per heavy atom. The van der Waals surface area contributed by atoms with Crippen LogP contribution in [-0.2, 0) is 15.3 Å².